The van der Waals surface area contributed by atoms with Crippen molar-refractivity contribution in [1.29, 1.82) is 0 Å². The van der Waals surface area contributed by atoms with Gasteiger partial charge in [-0.1, -0.05) is 120 Å². The van der Waals surface area contributed by atoms with Crippen LogP contribution in [-0.2, 0) is 0 Å². The first-order valence-electron chi connectivity index (χ1n) is 9.10. The minimum atomic E-state index is -0.273. The third kappa shape index (κ3) is 4.20. The summed E-state index contributed by atoms with van der Waals surface area (Å²) in [4.78, 5) is 0. The van der Waals surface area contributed by atoms with Crippen LogP contribution in [0.15, 0.2) is 91.0 Å². The second-order valence-electron chi connectivity index (χ2n) is 6.71. The highest BCUT2D eigenvalue weighted by molar-refractivity contribution is 7.58. The Kier molecular flexibility index (Phi) is 6.05. The number of hydrogen-bond acceptors (Lipinski definition) is 0. The van der Waals surface area contributed by atoms with Gasteiger partial charge in [0.1, 0.15) is 0 Å². The van der Waals surface area contributed by atoms with Gasteiger partial charge in [0.25, 0.3) is 0 Å². The van der Waals surface area contributed by atoms with Crippen LogP contribution < -0.4 is 0 Å². The molecule has 0 fully saturated rings. The molecule has 3 aromatic rings. The van der Waals surface area contributed by atoms with Crippen LogP contribution in [0.3, 0.4) is 0 Å². The summed E-state index contributed by atoms with van der Waals surface area (Å²) in [5.74, 6) is 0. The first-order valence-corrected chi connectivity index (χ1v) is 10.7. The molecular formula is C24H27P. The fraction of sp³-hybridized carbons (Fsp3) is 0.250. The zero-order valence-corrected chi connectivity index (χ0v) is 16.2. The van der Waals surface area contributed by atoms with Gasteiger partial charge in [0, 0.05) is 17.0 Å². The summed E-state index contributed by atoms with van der Waals surface area (Å²) in [5.41, 5.74) is 6.04. The Morgan fingerprint density at radius 3 is 0.920 bits per heavy atom. The lowest BCUT2D eigenvalue weighted by Gasteiger charge is -2.36. The zero-order valence-electron chi connectivity index (χ0n) is 15.3. The molecule has 0 saturated carbocycles. The van der Waals surface area contributed by atoms with E-state index in [4.69, 9.17) is 0 Å². The van der Waals surface area contributed by atoms with Crippen LogP contribution in [0.1, 0.15) is 54.4 Å². The highest BCUT2D eigenvalue weighted by Crippen LogP contribution is 2.69. The molecule has 0 aliphatic carbocycles. The van der Waals surface area contributed by atoms with Gasteiger partial charge in [-0.05, 0) is 16.7 Å². The standard InChI is InChI=1S/C24H27P/c1-19(22-13-7-4-8-14-22)25(20(2)23-15-9-5-10-16-23)21(3)24-17-11-6-12-18-24/h4-21H,1-3H3. The van der Waals surface area contributed by atoms with Gasteiger partial charge in [0.15, 0.2) is 0 Å². The van der Waals surface area contributed by atoms with E-state index >= 15 is 0 Å². The van der Waals surface area contributed by atoms with Gasteiger partial charge in [-0.15, -0.1) is 0 Å². The van der Waals surface area contributed by atoms with Crippen molar-refractivity contribution in [3.8, 4) is 0 Å². The molecule has 0 radical (unpaired) electrons. The summed E-state index contributed by atoms with van der Waals surface area (Å²) in [6, 6.07) is 33.1. The Hall–Kier alpha value is -1.91. The lowest BCUT2D eigenvalue weighted by Crippen LogP contribution is -2.05. The molecule has 0 spiro atoms. The van der Waals surface area contributed by atoms with Crippen molar-refractivity contribution < 1.29 is 0 Å². The van der Waals surface area contributed by atoms with Crippen molar-refractivity contribution in [1.82, 2.24) is 0 Å². The van der Waals surface area contributed by atoms with Crippen LogP contribution in [0.25, 0.3) is 0 Å². The third-order valence-corrected chi connectivity index (χ3v) is 8.77. The first kappa shape index (κ1) is 17.9. The SMILES string of the molecule is CC(c1ccccc1)P(C(C)c1ccccc1)C(C)c1ccccc1. The highest BCUT2D eigenvalue weighted by Gasteiger charge is 2.30. The zero-order chi connectivity index (χ0) is 17.6. The van der Waals surface area contributed by atoms with Crippen molar-refractivity contribution in [2.24, 2.45) is 0 Å². The van der Waals surface area contributed by atoms with E-state index in [0.717, 1.165) is 0 Å². The molecule has 0 bridgehead atoms. The molecule has 3 unspecified atom stereocenters. The summed E-state index contributed by atoms with van der Waals surface area (Å²) < 4.78 is 0. The molecular weight excluding hydrogens is 319 g/mol. The Bertz CT molecular complexity index is 644. The normalized spacial score (nSPS) is 16.0. The molecule has 0 N–H and O–H groups in total. The van der Waals surface area contributed by atoms with Gasteiger partial charge < -0.3 is 0 Å². The van der Waals surface area contributed by atoms with Crippen molar-refractivity contribution in [2.75, 3.05) is 0 Å². The van der Waals surface area contributed by atoms with Crippen LogP contribution in [-0.4, -0.2) is 0 Å². The molecule has 3 aromatic carbocycles. The minimum Gasteiger partial charge on any atom is -0.0845 e. The lowest BCUT2D eigenvalue weighted by molar-refractivity contribution is 0.930. The Labute approximate surface area is 153 Å². The van der Waals surface area contributed by atoms with Gasteiger partial charge in [-0.3, -0.25) is 0 Å². The lowest BCUT2D eigenvalue weighted by atomic mass is 10.1. The van der Waals surface area contributed by atoms with E-state index in [1.54, 1.807) is 0 Å². The molecule has 3 atom stereocenters. The fourth-order valence-electron chi connectivity index (χ4n) is 3.72. The molecule has 0 aliphatic heterocycles. The van der Waals surface area contributed by atoms with Crippen LogP contribution in [0.5, 0.6) is 0 Å². The number of benzene rings is 3. The fourth-order valence-corrected chi connectivity index (χ4v) is 7.28. The van der Waals surface area contributed by atoms with E-state index in [9.17, 15) is 0 Å². The molecule has 0 nitrogen and oxygen atoms in total. The first-order chi connectivity index (χ1) is 12.2. The van der Waals surface area contributed by atoms with E-state index < -0.39 is 0 Å². The molecule has 25 heavy (non-hydrogen) atoms. The summed E-state index contributed by atoms with van der Waals surface area (Å²) in [6.45, 7) is 7.25. The molecule has 1 heteroatoms. The predicted molar refractivity (Wildman–Crippen MR) is 111 cm³/mol. The molecule has 0 aliphatic rings. The van der Waals surface area contributed by atoms with Gasteiger partial charge in [0.2, 0.25) is 0 Å². The summed E-state index contributed by atoms with van der Waals surface area (Å²) >= 11 is 0. The number of rotatable bonds is 6. The Balaban J connectivity index is 1.99. The average Bonchev–Trinajstić information content (AvgIpc) is 2.70. The predicted octanol–water partition coefficient (Wildman–Crippen LogP) is 7.75. The van der Waals surface area contributed by atoms with E-state index in [0.29, 0.717) is 17.0 Å². The maximum atomic E-state index is 2.42. The average molecular weight is 346 g/mol. The Morgan fingerprint density at radius 2 is 0.680 bits per heavy atom. The molecule has 0 saturated heterocycles. The van der Waals surface area contributed by atoms with Crippen molar-refractivity contribution in [3.05, 3.63) is 108 Å². The quantitative estimate of drug-likeness (QED) is 0.400. The van der Waals surface area contributed by atoms with Gasteiger partial charge in [-0.2, -0.15) is 0 Å². The van der Waals surface area contributed by atoms with E-state index in [2.05, 4.69) is 112 Å². The minimum absolute atomic E-state index is 0.273. The van der Waals surface area contributed by atoms with E-state index in [1.807, 2.05) is 0 Å². The molecule has 0 aromatic heterocycles. The maximum Gasteiger partial charge on any atom is 0.00242 e. The second kappa shape index (κ2) is 8.45. The molecule has 3 rings (SSSR count). The molecule has 0 heterocycles. The topological polar surface area (TPSA) is 0 Å². The largest absolute Gasteiger partial charge is 0.0845 e. The van der Waals surface area contributed by atoms with Crippen molar-refractivity contribution >= 4 is 7.92 Å². The van der Waals surface area contributed by atoms with Gasteiger partial charge in [-0.25, -0.2) is 0 Å². The smallest absolute Gasteiger partial charge is 0.00242 e. The van der Waals surface area contributed by atoms with Crippen LogP contribution >= 0.6 is 7.92 Å². The van der Waals surface area contributed by atoms with E-state index in [-0.39, 0.29) is 7.92 Å². The summed E-state index contributed by atoms with van der Waals surface area (Å²) in [6.07, 6.45) is 0. The Morgan fingerprint density at radius 1 is 0.440 bits per heavy atom. The van der Waals surface area contributed by atoms with Gasteiger partial charge in [0.05, 0.1) is 0 Å². The van der Waals surface area contributed by atoms with Crippen LogP contribution in [0.4, 0.5) is 0 Å². The second-order valence-corrected chi connectivity index (χ2v) is 9.93. The van der Waals surface area contributed by atoms with Crippen molar-refractivity contribution in [2.45, 2.75) is 37.7 Å². The van der Waals surface area contributed by atoms with E-state index in [1.165, 1.54) is 16.7 Å². The van der Waals surface area contributed by atoms with Crippen LogP contribution in [0, 0.1) is 0 Å². The molecule has 128 valence electrons. The maximum absolute atomic E-state index is 2.42. The number of hydrogen-bond donors (Lipinski definition) is 0. The summed E-state index contributed by atoms with van der Waals surface area (Å²) in [7, 11) is -0.273. The summed E-state index contributed by atoms with van der Waals surface area (Å²) in [5, 5.41) is 0. The third-order valence-electron chi connectivity index (χ3n) is 5.19. The monoisotopic (exact) mass is 346 g/mol. The van der Waals surface area contributed by atoms with Crippen LogP contribution in [0.2, 0.25) is 0 Å². The van der Waals surface area contributed by atoms with Gasteiger partial charge >= 0.3 is 0 Å². The van der Waals surface area contributed by atoms with Crippen molar-refractivity contribution in [3.63, 3.8) is 0 Å². The highest BCUT2D eigenvalue weighted by atomic mass is 31.1. The molecule has 0 amide bonds.